The summed E-state index contributed by atoms with van der Waals surface area (Å²) in [6.07, 6.45) is 5.82. The summed E-state index contributed by atoms with van der Waals surface area (Å²) >= 11 is 0. The van der Waals surface area contributed by atoms with E-state index in [-0.39, 0.29) is 23.3 Å². The van der Waals surface area contributed by atoms with Crippen molar-refractivity contribution in [2.45, 2.75) is 38.6 Å². The molecule has 150 valence electrons. The highest BCUT2D eigenvalue weighted by molar-refractivity contribution is 5.95. The molecule has 0 radical (unpaired) electrons. The number of nitrogens with one attached hydrogen (secondary N) is 2. The van der Waals surface area contributed by atoms with E-state index < -0.39 is 0 Å². The molecular formula is C21H22FN5O2. The first-order chi connectivity index (χ1) is 14.0. The number of benzene rings is 1. The third kappa shape index (κ3) is 3.96. The van der Waals surface area contributed by atoms with Gasteiger partial charge in [0.25, 0.3) is 11.5 Å². The van der Waals surface area contributed by atoms with Crippen molar-refractivity contribution < 1.29 is 9.18 Å². The highest BCUT2D eigenvalue weighted by Gasteiger charge is 2.29. The first-order valence-electron chi connectivity index (χ1n) is 9.70. The van der Waals surface area contributed by atoms with E-state index in [1.807, 2.05) is 0 Å². The van der Waals surface area contributed by atoms with Gasteiger partial charge >= 0.3 is 0 Å². The number of rotatable bonds is 5. The highest BCUT2D eigenvalue weighted by Crippen LogP contribution is 2.36. The smallest absolute Gasteiger partial charge is 0.264 e. The first kappa shape index (κ1) is 19.0. The summed E-state index contributed by atoms with van der Waals surface area (Å²) in [5.74, 6) is 0.211. The van der Waals surface area contributed by atoms with Crippen LogP contribution in [0.25, 0.3) is 5.82 Å². The molecule has 1 amide bonds. The van der Waals surface area contributed by atoms with Gasteiger partial charge in [0.1, 0.15) is 5.82 Å². The molecule has 1 unspecified atom stereocenters. The van der Waals surface area contributed by atoms with Crippen LogP contribution in [0.5, 0.6) is 0 Å². The largest absolute Gasteiger partial charge is 0.345 e. The van der Waals surface area contributed by atoms with Gasteiger partial charge in [-0.05, 0) is 49.4 Å². The third-order valence-corrected chi connectivity index (χ3v) is 5.52. The fourth-order valence-electron chi connectivity index (χ4n) is 3.97. The van der Waals surface area contributed by atoms with Gasteiger partial charge in [0.15, 0.2) is 5.82 Å². The monoisotopic (exact) mass is 395 g/mol. The second-order valence-corrected chi connectivity index (χ2v) is 7.38. The minimum absolute atomic E-state index is 0.181. The molecule has 2 N–H and O–H groups in total. The van der Waals surface area contributed by atoms with Crippen LogP contribution in [0.1, 0.15) is 53.3 Å². The maximum absolute atomic E-state index is 13.4. The van der Waals surface area contributed by atoms with Crippen LogP contribution in [0.2, 0.25) is 0 Å². The summed E-state index contributed by atoms with van der Waals surface area (Å²) in [6, 6.07) is 9.04. The van der Waals surface area contributed by atoms with Gasteiger partial charge in [0.2, 0.25) is 0 Å². The number of hydrogen-bond acceptors (Lipinski definition) is 4. The molecule has 3 aromatic rings. The first-order valence-corrected chi connectivity index (χ1v) is 9.70. The fraction of sp³-hybridized carbons (Fsp3) is 0.333. The van der Waals surface area contributed by atoms with Crippen molar-refractivity contribution >= 4 is 5.91 Å². The van der Waals surface area contributed by atoms with Crippen LogP contribution in [0, 0.1) is 18.7 Å². The van der Waals surface area contributed by atoms with E-state index in [1.54, 1.807) is 25.1 Å². The maximum atomic E-state index is 13.4. The molecule has 0 bridgehead atoms. The van der Waals surface area contributed by atoms with E-state index in [2.05, 4.69) is 20.6 Å². The molecule has 0 spiro atoms. The lowest BCUT2D eigenvalue weighted by atomic mass is 9.91. The van der Waals surface area contributed by atoms with Gasteiger partial charge in [0, 0.05) is 6.07 Å². The average Bonchev–Trinajstić information content (AvgIpc) is 3.38. The second kappa shape index (κ2) is 7.98. The zero-order valence-corrected chi connectivity index (χ0v) is 16.1. The number of aromatic amines is 1. The molecule has 8 heteroatoms. The molecule has 1 atom stereocenters. The van der Waals surface area contributed by atoms with Gasteiger partial charge in [-0.1, -0.05) is 25.0 Å². The van der Waals surface area contributed by atoms with Crippen LogP contribution in [0.4, 0.5) is 4.39 Å². The summed E-state index contributed by atoms with van der Waals surface area (Å²) in [5, 5.41) is 13.7. The Hall–Kier alpha value is -3.29. The highest BCUT2D eigenvalue weighted by atomic mass is 19.1. The normalized spacial score (nSPS) is 15.4. The van der Waals surface area contributed by atoms with Crippen molar-refractivity contribution in [3.8, 4) is 5.82 Å². The van der Waals surface area contributed by atoms with Crippen LogP contribution in [-0.4, -0.2) is 25.9 Å². The van der Waals surface area contributed by atoms with Gasteiger partial charge in [-0.3, -0.25) is 9.59 Å². The van der Waals surface area contributed by atoms with E-state index in [1.165, 1.54) is 29.1 Å². The molecule has 29 heavy (non-hydrogen) atoms. The Labute approximate surface area is 167 Å². The molecule has 1 saturated carbocycles. The van der Waals surface area contributed by atoms with Gasteiger partial charge in [0.05, 0.1) is 23.5 Å². The number of H-pyrrole nitrogens is 1. The average molecular weight is 395 g/mol. The maximum Gasteiger partial charge on any atom is 0.264 e. The lowest BCUT2D eigenvalue weighted by molar-refractivity contribution is 0.0921. The van der Waals surface area contributed by atoms with E-state index in [9.17, 15) is 14.0 Å². The summed E-state index contributed by atoms with van der Waals surface area (Å²) in [6.45, 7) is 1.77. The SMILES string of the molecule is Cc1c(C(=O)NC(c2ccc(F)cc2)C2CCCC2)cnn1-c1ccc(=O)[nH]n1. The quantitative estimate of drug-likeness (QED) is 0.694. The van der Waals surface area contributed by atoms with Crippen molar-refractivity contribution in [2.24, 2.45) is 5.92 Å². The summed E-state index contributed by atoms with van der Waals surface area (Å²) in [5.41, 5.74) is 1.64. The van der Waals surface area contributed by atoms with Crippen molar-refractivity contribution in [1.82, 2.24) is 25.3 Å². The van der Waals surface area contributed by atoms with Gasteiger partial charge < -0.3 is 5.32 Å². The minimum Gasteiger partial charge on any atom is -0.345 e. The number of aromatic nitrogens is 4. The predicted molar refractivity (Wildman–Crippen MR) is 105 cm³/mol. The van der Waals surface area contributed by atoms with Crippen molar-refractivity contribution in [2.75, 3.05) is 0 Å². The topological polar surface area (TPSA) is 92.7 Å². The second-order valence-electron chi connectivity index (χ2n) is 7.38. The third-order valence-electron chi connectivity index (χ3n) is 5.52. The summed E-state index contributed by atoms with van der Waals surface area (Å²) in [7, 11) is 0. The zero-order chi connectivity index (χ0) is 20.4. The Kier molecular flexibility index (Phi) is 5.24. The molecule has 1 fully saturated rings. The van der Waals surface area contributed by atoms with E-state index in [4.69, 9.17) is 0 Å². The molecule has 1 aliphatic carbocycles. The van der Waals surface area contributed by atoms with Crippen LogP contribution >= 0.6 is 0 Å². The Morgan fingerprint density at radius 1 is 1.21 bits per heavy atom. The molecule has 7 nitrogen and oxygen atoms in total. The Bertz CT molecular complexity index is 1050. The summed E-state index contributed by atoms with van der Waals surface area (Å²) < 4.78 is 14.9. The summed E-state index contributed by atoms with van der Waals surface area (Å²) in [4.78, 5) is 24.3. The number of amides is 1. The van der Waals surface area contributed by atoms with Gasteiger partial charge in [-0.15, -0.1) is 0 Å². The number of carbonyl (C=O) groups excluding carboxylic acids is 1. The Balaban J connectivity index is 1.60. The molecule has 4 rings (SSSR count). The number of carbonyl (C=O) groups is 1. The van der Waals surface area contributed by atoms with E-state index in [0.29, 0.717) is 23.0 Å². The van der Waals surface area contributed by atoms with Crippen LogP contribution in [0.3, 0.4) is 0 Å². The lowest BCUT2D eigenvalue weighted by Crippen LogP contribution is -2.33. The zero-order valence-electron chi connectivity index (χ0n) is 16.1. The number of halogens is 1. The molecule has 1 aromatic carbocycles. The molecule has 0 saturated heterocycles. The van der Waals surface area contributed by atoms with Crippen molar-refractivity contribution in [3.63, 3.8) is 0 Å². The number of hydrogen-bond donors (Lipinski definition) is 2. The molecule has 2 heterocycles. The fourth-order valence-corrected chi connectivity index (χ4v) is 3.97. The van der Waals surface area contributed by atoms with Crippen LogP contribution in [0.15, 0.2) is 47.4 Å². The molecule has 0 aliphatic heterocycles. The standard InChI is InChI=1S/C21H22FN5O2/c1-13-17(12-23-27(13)18-10-11-19(28)26-25-18)21(29)24-20(14-4-2-3-5-14)15-6-8-16(22)9-7-15/h6-12,14,20H,2-5H2,1H3,(H,24,29)(H,26,28). The van der Waals surface area contributed by atoms with Gasteiger partial charge in [-0.2, -0.15) is 10.2 Å². The van der Waals surface area contributed by atoms with E-state index >= 15 is 0 Å². The predicted octanol–water partition coefficient (Wildman–Crippen LogP) is 3.06. The molecule has 1 aliphatic rings. The van der Waals surface area contributed by atoms with Crippen LogP contribution < -0.4 is 10.9 Å². The lowest BCUT2D eigenvalue weighted by Gasteiger charge is -2.25. The molecular weight excluding hydrogens is 373 g/mol. The Morgan fingerprint density at radius 3 is 2.59 bits per heavy atom. The van der Waals surface area contributed by atoms with Crippen molar-refractivity contribution in [1.29, 1.82) is 0 Å². The van der Waals surface area contributed by atoms with E-state index in [0.717, 1.165) is 31.2 Å². The molecule has 2 aromatic heterocycles. The van der Waals surface area contributed by atoms with Crippen molar-refractivity contribution in [3.05, 3.63) is 75.6 Å². The number of nitrogens with zero attached hydrogens (tertiary/aromatic N) is 3. The van der Waals surface area contributed by atoms with Gasteiger partial charge in [-0.25, -0.2) is 14.2 Å². The van der Waals surface area contributed by atoms with Crippen LogP contribution in [-0.2, 0) is 0 Å². The Morgan fingerprint density at radius 2 is 1.93 bits per heavy atom. The minimum atomic E-state index is -0.310.